The van der Waals surface area contributed by atoms with E-state index in [1.165, 1.54) is 11.3 Å². The van der Waals surface area contributed by atoms with Gasteiger partial charge in [0.05, 0.1) is 28.2 Å². The number of halogens is 1. The normalized spacial score (nSPS) is 11.2. The predicted molar refractivity (Wildman–Crippen MR) is 135 cm³/mol. The van der Waals surface area contributed by atoms with Gasteiger partial charge in [0.25, 0.3) is 0 Å². The van der Waals surface area contributed by atoms with Gasteiger partial charge in [0.1, 0.15) is 0 Å². The lowest BCUT2D eigenvalue weighted by Gasteiger charge is -2.20. The molecule has 5 rings (SSSR count). The molecule has 1 amide bonds. The first kappa shape index (κ1) is 20.7. The summed E-state index contributed by atoms with van der Waals surface area (Å²) in [7, 11) is 0. The van der Waals surface area contributed by atoms with E-state index in [0.717, 1.165) is 37.7 Å². The maximum absolute atomic E-state index is 13.7. The van der Waals surface area contributed by atoms with Gasteiger partial charge in [-0.2, -0.15) is 0 Å². The molecule has 0 radical (unpaired) electrons. The molecule has 0 aliphatic heterocycles. The van der Waals surface area contributed by atoms with Crippen molar-refractivity contribution in [2.24, 2.45) is 0 Å². The Bertz CT molecular complexity index is 1380. The van der Waals surface area contributed by atoms with E-state index in [0.29, 0.717) is 23.1 Å². The predicted octanol–water partition coefficient (Wildman–Crippen LogP) is 7.19. The monoisotopic (exact) mass is 456 g/mol. The molecule has 0 aliphatic carbocycles. The van der Waals surface area contributed by atoms with Crippen LogP contribution in [0.15, 0.2) is 84.9 Å². The van der Waals surface area contributed by atoms with E-state index < -0.39 is 0 Å². The number of aryl methyl sites for hydroxylation is 1. The van der Waals surface area contributed by atoms with Crippen molar-refractivity contribution in [1.29, 1.82) is 0 Å². The van der Waals surface area contributed by atoms with Crippen molar-refractivity contribution in [1.82, 2.24) is 4.98 Å². The van der Waals surface area contributed by atoms with Gasteiger partial charge in [0, 0.05) is 0 Å². The van der Waals surface area contributed by atoms with Crippen LogP contribution in [0.25, 0.3) is 21.0 Å². The van der Waals surface area contributed by atoms with E-state index >= 15 is 0 Å². The zero-order chi connectivity index (χ0) is 22.1. The van der Waals surface area contributed by atoms with Crippen molar-refractivity contribution in [2.75, 3.05) is 4.90 Å². The Balaban J connectivity index is 1.56. The minimum absolute atomic E-state index is 0.0121. The molecule has 1 aromatic heterocycles. The van der Waals surface area contributed by atoms with Gasteiger partial charge in [-0.1, -0.05) is 102 Å². The summed E-state index contributed by atoms with van der Waals surface area (Å²) in [4.78, 5) is 20.3. The average molecular weight is 457 g/mol. The van der Waals surface area contributed by atoms with E-state index in [2.05, 4.69) is 18.2 Å². The number of carbonyl (C=O) groups is 1. The van der Waals surface area contributed by atoms with Crippen LogP contribution < -0.4 is 4.90 Å². The van der Waals surface area contributed by atoms with Gasteiger partial charge in [-0.25, -0.2) is 4.98 Å². The Labute approximate surface area is 195 Å². The lowest BCUT2D eigenvalue weighted by Crippen LogP contribution is -2.31. The highest BCUT2D eigenvalue weighted by Gasteiger charge is 2.22. The minimum atomic E-state index is 0.0121. The molecular formula is C27H21ClN2OS. The number of amides is 1. The van der Waals surface area contributed by atoms with E-state index in [4.69, 9.17) is 16.6 Å². The van der Waals surface area contributed by atoms with Gasteiger partial charge in [-0.15, -0.1) is 0 Å². The second kappa shape index (κ2) is 8.73. The fraction of sp³-hybridized carbons (Fsp3) is 0.111. The smallest absolute Gasteiger partial charge is 0.233 e. The van der Waals surface area contributed by atoms with Crippen molar-refractivity contribution in [3.8, 4) is 0 Å². The third kappa shape index (κ3) is 3.99. The van der Waals surface area contributed by atoms with Gasteiger partial charge in [-0.3, -0.25) is 9.69 Å². The van der Waals surface area contributed by atoms with E-state index in [1.807, 2.05) is 73.7 Å². The summed E-state index contributed by atoms with van der Waals surface area (Å²) in [5.74, 6) is 0.0121. The molecule has 0 atom stereocenters. The zero-order valence-corrected chi connectivity index (χ0v) is 19.2. The Morgan fingerprint density at radius 3 is 2.50 bits per heavy atom. The highest BCUT2D eigenvalue weighted by Crippen LogP contribution is 2.36. The maximum Gasteiger partial charge on any atom is 0.233 e. The van der Waals surface area contributed by atoms with Gasteiger partial charge < -0.3 is 0 Å². The first-order valence-corrected chi connectivity index (χ1v) is 11.7. The molecule has 0 fully saturated rings. The van der Waals surface area contributed by atoms with E-state index in [-0.39, 0.29) is 5.91 Å². The van der Waals surface area contributed by atoms with Crippen molar-refractivity contribution in [2.45, 2.75) is 19.9 Å². The highest BCUT2D eigenvalue weighted by atomic mass is 35.5. The molecule has 0 unspecified atom stereocenters. The Kier molecular flexibility index (Phi) is 5.64. The molecule has 4 aromatic carbocycles. The molecule has 158 valence electrons. The van der Waals surface area contributed by atoms with Crippen LogP contribution in [0, 0.1) is 6.92 Å². The van der Waals surface area contributed by atoms with Crippen LogP contribution in [0.5, 0.6) is 0 Å². The largest absolute Gasteiger partial charge is 0.283 e. The van der Waals surface area contributed by atoms with Crippen molar-refractivity contribution in [3.63, 3.8) is 0 Å². The quantitative estimate of drug-likeness (QED) is 0.280. The first-order chi connectivity index (χ1) is 15.6. The molecule has 0 aliphatic rings. The van der Waals surface area contributed by atoms with Crippen LogP contribution in [0.4, 0.5) is 5.13 Å². The van der Waals surface area contributed by atoms with Crippen molar-refractivity contribution < 1.29 is 4.79 Å². The average Bonchev–Trinajstić information content (AvgIpc) is 3.27. The van der Waals surface area contributed by atoms with E-state index in [9.17, 15) is 4.79 Å². The van der Waals surface area contributed by atoms with Gasteiger partial charge in [-0.05, 0) is 40.5 Å². The molecule has 5 aromatic rings. The lowest BCUT2D eigenvalue weighted by atomic mass is 10.0. The third-order valence-electron chi connectivity index (χ3n) is 5.62. The van der Waals surface area contributed by atoms with Crippen LogP contribution in [-0.2, 0) is 17.8 Å². The molecule has 32 heavy (non-hydrogen) atoms. The summed E-state index contributed by atoms with van der Waals surface area (Å²) < 4.78 is 0.915. The molecule has 3 nitrogen and oxygen atoms in total. The van der Waals surface area contributed by atoms with E-state index in [1.54, 1.807) is 4.90 Å². The summed E-state index contributed by atoms with van der Waals surface area (Å²) in [6.07, 6.45) is 0.302. The molecule has 0 saturated heterocycles. The number of hydrogen-bond donors (Lipinski definition) is 0. The van der Waals surface area contributed by atoms with Crippen molar-refractivity contribution >= 4 is 55.0 Å². The van der Waals surface area contributed by atoms with Gasteiger partial charge >= 0.3 is 0 Å². The second-order valence-electron chi connectivity index (χ2n) is 7.82. The molecule has 0 spiro atoms. The highest BCUT2D eigenvalue weighted by molar-refractivity contribution is 7.23. The van der Waals surface area contributed by atoms with Crippen LogP contribution >= 0.6 is 22.9 Å². The number of fused-ring (bicyclic) bond motifs is 2. The topological polar surface area (TPSA) is 33.2 Å². The lowest BCUT2D eigenvalue weighted by molar-refractivity contribution is -0.118. The molecular weight excluding hydrogens is 436 g/mol. The van der Waals surface area contributed by atoms with Crippen LogP contribution in [0.3, 0.4) is 0 Å². The SMILES string of the molecule is Cc1ccc(Cl)c2sc(N(Cc3ccccc3)C(=O)Cc3cccc4ccccc34)nc12. The van der Waals surface area contributed by atoms with Crippen LogP contribution in [-0.4, -0.2) is 10.9 Å². The maximum atomic E-state index is 13.7. The number of thiazole rings is 1. The van der Waals surface area contributed by atoms with Crippen LogP contribution in [0.1, 0.15) is 16.7 Å². The fourth-order valence-electron chi connectivity index (χ4n) is 3.94. The van der Waals surface area contributed by atoms with Gasteiger partial charge in [0.15, 0.2) is 5.13 Å². The Hall–Kier alpha value is -3.21. The fourth-order valence-corrected chi connectivity index (χ4v) is 5.27. The summed E-state index contributed by atoms with van der Waals surface area (Å²) in [6.45, 7) is 2.47. The number of hydrogen-bond acceptors (Lipinski definition) is 3. The standard InChI is InChI=1S/C27H21ClN2OS/c1-18-14-15-23(28)26-25(18)29-27(32-26)30(17-19-8-3-2-4-9-19)24(31)16-21-12-7-11-20-10-5-6-13-22(20)21/h2-15H,16-17H2,1H3. The summed E-state index contributed by atoms with van der Waals surface area (Å²) in [5, 5.41) is 3.57. The number of carbonyl (C=O) groups excluding carboxylic acids is 1. The second-order valence-corrected chi connectivity index (χ2v) is 9.20. The zero-order valence-electron chi connectivity index (χ0n) is 17.6. The Morgan fingerprint density at radius 2 is 1.69 bits per heavy atom. The summed E-state index contributed by atoms with van der Waals surface area (Å²) in [6, 6.07) is 28.2. The third-order valence-corrected chi connectivity index (χ3v) is 7.16. The van der Waals surface area contributed by atoms with Crippen molar-refractivity contribution in [3.05, 3.63) is 107 Å². The summed E-state index contributed by atoms with van der Waals surface area (Å²) >= 11 is 7.92. The number of rotatable bonds is 5. The Morgan fingerprint density at radius 1 is 0.938 bits per heavy atom. The first-order valence-electron chi connectivity index (χ1n) is 10.5. The molecule has 0 N–H and O–H groups in total. The number of anilines is 1. The molecule has 5 heteroatoms. The molecule has 0 saturated carbocycles. The van der Waals surface area contributed by atoms with Gasteiger partial charge in [0.2, 0.25) is 5.91 Å². The minimum Gasteiger partial charge on any atom is -0.283 e. The summed E-state index contributed by atoms with van der Waals surface area (Å²) in [5.41, 5.74) is 3.98. The number of nitrogens with zero attached hydrogens (tertiary/aromatic N) is 2. The number of aromatic nitrogens is 1. The molecule has 0 bridgehead atoms. The van der Waals surface area contributed by atoms with Crippen LogP contribution in [0.2, 0.25) is 5.02 Å². The molecule has 1 heterocycles. The number of benzene rings is 4.